The summed E-state index contributed by atoms with van der Waals surface area (Å²) in [4.78, 5) is 18.4. The number of amides is 1. The largest absolute Gasteiger partial charge is 0.488 e. The van der Waals surface area contributed by atoms with E-state index in [4.69, 9.17) is 9.47 Å². The third-order valence-electron chi connectivity index (χ3n) is 4.51. The van der Waals surface area contributed by atoms with Gasteiger partial charge in [-0.2, -0.15) is 10.2 Å². The molecule has 1 aliphatic heterocycles. The van der Waals surface area contributed by atoms with Crippen molar-refractivity contribution in [2.75, 3.05) is 13.2 Å². The molecule has 8 heteroatoms. The molecular weight excluding hydrogens is 388 g/mol. The van der Waals surface area contributed by atoms with Gasteiger partial charge in [0.1, 0.15) is 16.9 Å². The van der Waals surface area contributed by atoms with Crippen LogP contribution in [0.25, 0.3) is 10.6 Å². The van der Waals surface area contributed by atoms with Crippen LogP contribution in [-0.2, 0) is 11.3 Å². The van der Waals surface area contributed by atoms with Crippen molar-refractivity contribution in [3.8, 4) is 16.3 Å². The predicted octanol–water partition coefficient (Wildman–Crippen LogP) is 3.31. The van der Waals surface area contributed by atoms with Gasteiger partial charge in [-0.1, -0.05) is 0 Å². The molecule has 0 saturated carbocycles. The van der Waals surface area contributed by atoms with Gasteiger partial charge < -0.3 is 14.8 Å². The van der Waals surface area contributed by atoms with E-state index in [0.29, 0.717) is 36.8 Å². The Morgan fingerprint density at radius 1 is 1.28 bits per heavy atom. The van der Waals surface area contributed by atoms with E-state index in [0.717, 1.165) is 27.6 Å². The average molecular weight is 410 g/mol. The Balaban J connectivity index is 1.56. The lowest BCUT2D eigenvalue weighted by Crippen LogP contribution is -2.24. The van der Waals surface area contributed by atoms with Crippen molar-refractivity contribution in [1.82, 2.24) is 20.5 Å². The van der Waals surface area contributed by atoms with Crippen molar-refractivity contribution in [1.29, 1.82) is 0 Å². The number of benzene rings is 1. The minimum absolute atomic E-state index is 0.00188. The van der Waals surface area contributed by atoms with Crippen molar-refractivity contribution >= 4 is 17.2 Å². The van der Waals surface area contributed by atoms with Crippen LogP contribution in [0.4, 0.5) is 0 Å². The van der Waals surface area contributed by atoms with E-state index in [-0.39, 0.29) is 12.0 Å². The van der Waals surface area contributed by atoms with Gasteiger partial charge in [-0.25, -0.2) is 4.98 Å². The summed E-state index contributed by atoms with van der Waals surface area (Å²) >= 11 is 1.58. The molecule has 1 fully saturated rings. The molecule has 150 valence electrons. The van der Waals surface area contributed by atoms with Crippen molar-refractivity contribution in [3.63, 3.8) is 0 Å². The van der Waals surface area contributed by atoms with E-state index in [2.05, 4.69) is 20.5 Å². The molecule has 0 spiro atoms. The van der Waals surface area contributed by atoms with Crippen LogP contribution < -0.4 is 10.1 Å². The molecule has 0 aliphatic carbocycles. The van der Waals surface area contributed by atoms with E-state index in [1.165, 1.54) is 0 Å². The van der Waals surface area contributed by atoms with Crippen LogP contribution in [0.2, 0.25) is 0 Å². The lowest BCUT2D eigenvalue weighted by atomic mass is 10.1. The zero-order valence-corrected chi connectivity index (χ0v) is 17.2. The number of ether oxygens (including phenoxy) is 2. The summed E-state index contributed by atoms with van der Waals surface area (Å²) in [6.07, 6.45) is 2.67. The second kappa shape index (κ2) is 8.67. The first kappa shape index (κ1) is 19.5. The van der Waals surface area contributed by atoms with Crippen LogP contribution >= 0.6 is 11.3 Å². The monoisotopic (exact) mass is 410 g/mol. The topological polar surface area (TPSA) is 86.2 Å². The molecular formula is C21H22N4O3S. The number of aryl methyl sites for hydroxylation is 2. The average Bonchev–Trinajstić information content (AvgIpc) is 3.39. The van der Waals surface area contributed by atoms with Gasteiger partial charge in [0, 0.05) is 28.6 Å². The van der Waals surface area contributed by atoms with E-state index in [1.807, 2.05) is 44.3 Å². The highest BCUT2D eigenvalue weighted by atomic mass is 32.1. The highest BCUT2D eigenvalue weighted by molar-refractivity contribution is 7.14. The Morgan fingerprint density at radius 2 is 2.17 bits per heavy atom. The summed E-state index contributed by atoms with van der Waals surface area (Å²) in [5, 5.41) is 11.9. The Hall–Kier alpha value is -2.84. The summed E-state index contributed by atoms with van der Waals surface area (Å²) in [6, 6.07) is 9.26. The third-order valence-corrected chi connectivity index (χ3v) is 5.47. The lowest BCUT2D eigenvalue weighted by molar-refractivity contribution is 0.0949. The highest BCUT2D eigenvalue weighted by Gasteiger charge is 2.19. The van der Waals surface area contributed by atoms with Crippen molar-refractivity contribution in [2.24, 2.45) is 0 Å². The van der Waals surface area contributed by atoms with E-state index in [1.54, 1.807) is 17.4 Å². The fourth-order valence-electron chi connectivity index (χ4n) is 3.00. The summed E-state index contributed by atoms with van der Waals surface area (Å²) in [7, 11) is 0. The number of hydrogen-bond acceptors (Lipinski definition) is 7. The fraction of sp³-hybridized carbons (Fsp3) is 0.333. The summed E-state index contributed by atoms with van der Waals surface area (Å²) in [6.45, 7) is 5.44. The number of hydrogen-bond donors (Lipinski definition) is 1. The summed E-state index contributed by atoms with van der Waals surface area (Å²) in [5.41, 5.74) is 2.92. The van der Waals surface area contributed by atoms with Crippen molar-refractivity contribution in [3.05, 3.63) is 58.4 Å². The molecule has 4 rings (SSSR count). The van der Waals surface area contributed by atoms with Gasteiger partial charge in [0.25, 0.3) is 5.91 Å². The minimum atomic E-state index is -0.199. The highest BCUT2D eigenvalue weighted by Crippen LogP contribution is 2.30. The van der Waals surface area contributed by atoms with Crippen LogP contribution in [0.5, 0.6) is 5.75 Å². The maximum absolute atomic E-state index is 12.8. The standard InChI is InChI=1S/C21H22N4O3S/c1-13-3-4-17(25-24-13)11-22-20(26)15-7-16(21-23-10-14(2)29-21)9-19(8-15)28-18-5-6-27-12-18/h3-4,7-10,18H,5-6,11-12H2,1-2H3,(H,22,26). The molecule has 1 saturated heterocycles. The first-order chi connectivity index (χ1) is 14.1. The Morgan fingerprint density at radius 3 is 2.86 bits per heavy atom. The lowest BCUT2D eigenvalue weighted by Gasteiger charge is -2.14. The fourth-order valence-corrected chi connectivity index (χ4v) is 3.75. The third kappa shape index (κ3) is 4.96. The van der Waals surface area contributed by atoms with E-state index in [9.17, 15) is 4.79 Å². The molecule has 3 heterocycles. The number of aromatic nitrogens is 3. The van der Waals surface area contributed by atoms with Crippen LogP contribution in [0, 0.1) is 13.8 Å². The first-order valence-corrected chi connectivity index (χ1v) is 10.3. The normalized spacial score (nSPS) is 16.0. The van der Waals surface area contributed by atoms with Gasteiger partial charge in [0.15, 0.2) is 0 Å². The van der Waals surface area contributed by atoms with E-state index < -0.39 is 0 Å². The first-order valence-electron chi connectivity index (χ1n) is 9.46. The number of thiazole rings is 1. The number of carbonyl (C=O) groups is 1. The van der Waals surface area contributed by atoms with Crippen molar-refractivity contribution in [2.45, 2.75) is 32.9 Å². The maximum Gasteiger partial charge on any atom is 0.251 e. The van der Waals surface area contributed by atoms with Gasteiger partial charge in [-0.15, -0.1) is 11.3 Å². The maximum atomic E-state index is 12.8. The molecule has 0 bridgehead atoms. The molecule has 1 atom stereocenters. The van der Waals surface area contributed by atoms with Crippen LogP contribution in [0.15, 0.2) is 36.5 Å². The Bertz CT molecular complexity index is 997. The molecule has 1 amide bonds. The molecule has 1 aliphatic rings. The molecule has 2 aromatic heterocycles. The zero-order chi connectivity index (χ0) is 20.2. The molecule has 0 radical (unpaired) electrons. The van der Waals surface area contributed by atoms with Crippen LogP contribution in [-0.4, -0.2) is 40.4 Å². The Labute approximate surface area is 173 Å². The number of nitrogens with one attached hydrogen (secondary N) is 1. The summed E-state index contributed by atoms with van der Waals surface area (Å²) < 4.78 is 11.5. The second-order valence-electron chi connectivity index (χ2n) is 6.97. The molecule has 7 nitrogen and oxygen atoms in total. The second-order valence-corrected chi connectivity index (χ2v) is 8.21. The van der Waals surface area contributed by atoms with Gasteiger partial charge >= 0.3 is 0 Å². The molecule has 3 aromatic rings. The molecule has 29 heavy (non-hydrogen) atoms. The van der Waals surface area contributed by atoms with Crippen LogP contribution in [0.1, 0.15) is 33.0 Å². The molecule has 1 N–H and O–H groups in total. The zero-order valence-electron chi connectivity index (χ0n) is 16.3. The quantitative estimate of drug-likeness (QED) is 0.671. The van der Waals surface area contributed by atoms with Crippen molar-refractivity contribution < 1.29 is 14.3 Å². The number of rotatable bonds is 6. The van der Waals surface area contributed by atoms with Gasteiger partial charge in [0.05, 0.1) is 31.1 Å². The molecule has 1 unspecified atom stereocenters. The smallest absolute Gasteiger partial charge is 0.251 e. The van der Waals surface area contributed by atoms with Crippen LogP contribution in [0.3, 0.4) is 0 Å². The SMILES string of the molecule is Cc1ccc(CNC(=O)c2cc(OC3CCOC3)cc(-c3ncc(C)s3)c2)nn1. The Kier molecular flexibility index (Phi) is 5.82. The van der Waals surface area contributed by atoms with Gasteiger partial charge in [-0.05, 0) is 44.2 Å². The number of nitrogens with zero attached hydrogens (tertiary/aromatic N) is 3. The van der Waals surface area contributed by atoms with Gasteiger partial charge in [-0.3, -0.25) is 4.79 Å². The molecule has 1 aromatic carbocycles. The predicted molar refractivity (Wildman–Crippen MR) is 110 cm³/mol. The number of carbonyl (C=O) groups excluding carboxylic acids is 1. The van der Waals surface area contributed by atoms with E-state index >= 15 is 0 Å². The van der Waals surface area contributed by atoms with Gasteiger partial charge in [0.2, 0.25) is 0 Å². The minimum Gasteiger partial charge on any atom is -0.488 e. The summed E-state index contributed by atoms with van der Waals surface area (Å²) in [5.74, 6) is 0.446.